The molecule has 2 rings (SSSR count). The van der Waals surface area contributed by atoms with Crippen molar-refractivity contribution in [1.29, 1.82) is 5.26 Å². The number of hydrogen-bond donors (Lipinski definition) is 0. The topological polar surface area (TPSA) is 41.6 Å². The van der Waals surface area contributed by atoms with E-state index >= 15 is 0 Å². The van der Waals surface area contributed by atoms with Crippen LogP contribution in [0.4, 0.5) is 0 Å². The number of aromatic nitrogens is 2. The summed E-state index contributed by atoms with van der Waals surface area (Å²) < 4.78 is 2.01. The first-order valence-corrected chi connectivity index (χ1v) is 5.94. The van der Waals surface area contributed by atoms with Crippen molar-refractivity contribution in [3.63, 3.8) is 0 Å². The van der Waals surface area contributed by atoms with E-state index in [0.717, 1.165) is 23.6 Å². The summed E-state index contributed by atoms with van der Waals surface area (Å²) in [5.74, 6) is 2.55. The van der Waals surface area contributed by atoms with Gasteiger partial charge in [-0.05, 0) is 5.92 Å². The lowest BCUT2D eigenvalue weighted by molar-refractivity contribution is 0.473. The number of nitriles is 1. The molecule has 0 amide bonds. The summed E-state index contributed by atoms with van der Waals surface area (Å²) >= 11 is 1.87. The number of thioether (sulfide) groups is 1. The molecule has 14 heavy (non-hydrogen) atoms. The Hall–Kier alpha value is -0.950. The molecular weight excluding hydrogens is 194 g/mol. The fourth-order valence-electron chi connectivity index (χ4n) is 1.68. The first kappa shape index (κ1) is 9.60. The second kappa shape index (κ2) is 3.66. The molecule has 1 aliphatic heterocycles. The van der Waals surface area contributed by atoms with E-state index < -0.39 is 0 Å². The zero-order chi connectivity index (χ0) is 10.1. The zero-order valence-corrected chi connectivity index (χ0v) is 9.27. The summed E-state index contributed by atoms with van der Waals surface area (Å²) in [5.41, 5.74) is 3.06. The van der Waals surface area contributed by atoms with E-state index in [-0.39, 0.29) is 0 Å². The molecule has 0 bridgehead atoms. The Bertz CT molecular complexity index is 387. The second-order valence-corrected chi connectivity index (χ2v) is 4.94. The number of hydrogen-bond acceptors (Lipinski definition) is 3. The lowest BCUT2D eigenvalue weighted by Gasteiger charge is -2.07. The second-order valence-electron chi connectivity index (χ2n) is 3.95. The van der Waals surface area contributed by atoms with Gasteiger partial charge in [-0.15, -0.1) is 0 Å². The largest absolute Gasteiger partial charge is 0.267 e. The van der Waals surface area contributed by atoms with Crippen molar-refractivity contribution in [2.24, 2.45) is 5.92 Å². The lowest BCUT2D eigenvalue weighted by atomic mass is 10.2. The predicted molar refractivity (Wildman–Crippen MR) is 56.8 cm³/mol. The molecule has 0 saturated carbocycles. The third kappa shape index (κ3) is 1.53. The highest BCUT2D eigenvalue weighted by Crippen LogP contribution is 2.32. The molecule has 0 spiro atoms. The first-order valence-electron chi connectivity index (χ1n) is 4.78. The van der Waals surface area contributed by atoms with Gasteiger partial charge in [0.05, 0.1) is 5.69 Å². The third-order valence-electron chi connectivity index (χ3n) is 2.30. The molecule has 0 saturated heterocycles. The Labute approximate surface area is 88.1 Å². The molecule has 1 aromatic heterocycles. The summed E-state index contributed by atoms with van der Waals surface area (Å²) in [6, 6.07) is 2.18. The Morgan fingerprint density at radius 2 is 2.36 bits per heavy atom. The van der Waals surface area contributed by atoms with Crippen molar-refractivity contribution in [3.8, 4) is 6.07 Å². The Morgan fingerprint density at radius 3 is 3.00 bits per heavy atom. The number of fused-ring (bicyclic) bond motifs is 1. The smallest absolute Gasteiger partial charge is 0.166 e. The molecular formula is C10H13N3S. The van der Waals surface area contributed by atoms with E-state index in [1.54, 1.807) is 0 Å². The van der Waals surface area contributed by atoms with Gasteiger partial charge >= 0.3 is 0 Å². The van der Waals surface area contributed by atoms with Crippen LogP contribution in [0.3, 0.4) is 0 Å². The molecule has 0 unspecified atom stereocenters. The van der Waals surface area contributed by atoms with Crippen LogP contribution in [0.15, 0.2) is 0 Å². The van der Waals surface area contributed by atoms with Gasteiger partial charge in [0, 0.05) is 23.6 Å². The van der Waals surface area contributed by atoms with Crippen LogP contribution in [0.5, 0.6) is 0 Å². The average Bonchev–Trinajstić information content (AvgIpc) is 2.67. The van der Waals surface area contributed by atoms with E-state index in [1.165, 1.54) is 5.69 Å². The van der Waals surface area contributed by atoms with Gasteiger partial charge in [-0.3, -0.25) is 4.68 Å². The van der Waals surface area contributed by atoms with E-state index in [1.807, 2.05) is 16.4 Å². The lowest BCUT2D eigenvalue weighted by Crippen LogP contribution is -2.08. The normalized spacial score (nSPS) is 14.4. The number of nitrogens with zero attached hydrogens (tertiary/aromatic N) is 3. The molecule has 0 aliphatic carbocycles. The average molecular weight is 207 g/mol. The van der Waals surface area contributed by atoms with Crippen LogP contribution in [-0.2, 0) is 18.1 Å². The van der Waals surface area contributed by atoms with Crippen molar-refractivity contribution < 1.29 is 0 Å². The summed E-state index contributed by atoms with van der Waals surface area (Å²) in [5, 5.41) is 13.2. The van der Waals surface area contributed by atoms with Crippen molar-refractivity contribution >= 4 is 11.8 Å². The van der Waals surface area contributed by atoms with Gasteiger partial charge < -0.3 is 0 Å². The predicted octanol–water partition coefficient (Wildman–Crippen LogP) is 2.16. The highest BCUT2D eigenvalue weighted by molar-refractivity contribution is 7.98. The van der Waals surface area contributed by atoms with Gasteiger partial charge in [-0.25, -0.2) is 0 Å². The third-order valence-corrected chi connectivity index (χ3v) is 3.27. The minimum atomic E-state index is 0.580. The van der Waals surface area contributed by atoms with Crippen LogP contribution in [-0.4, -0.2) is 9.78 Å². The quantitative estimate of drug-likeness (QED) is 0.746. The van der Waals surface area contributed by atoms with Crippen LogP contribution in [0.2, 0.25) is 0 Å². The van der Waals surface area contributed by atoms with Crippen molar-refractivity contribution in [1.82, 2.24) is 9.78 Å². The van der Waals surface area contributed by atoms with Crippen LogP contribution in [0.25, 0.3) is 0 Å². The monoisotopic (exact) mass is 207 g/mol. The molecule has 1 aliphatic rings. The van der Waals surface area contributed by atoms with Crippen LogP contribution in [0.1, 0.15) is 30.8 Å². The molecule has 0 fully saturated rings. The highest BCUT2D eigenvalue weighted by atomic mass is 32.2. The van der Waals surface area contributed by atoms with Crippen LogP contribution < -0.4 is 0 Å². The fraction of sp³-hybridized carbons (Fsp3) is 0.600. The minimum absolute atomic E-state index is 0.580. The fourth-order valence-corrected chi connectivity index (χ4v) is 2.81. The summed E-state index contributed by atoms with van der Waals surface area (Å²) in [7, 11) is 0. The molecule has 0 atom stereocenters. The maximum atomic E-state index is 8.91. The standard InChI is InChI=1S/C10H13N3S/c1-7(2)4-13-10-6-14-5-8(10)9(3-11)12-13/h7H,4-6H2,1-2H3. The van der Waals surface area contributed by atoms with Crippen molar-refractivity contribution in [2.75, 3.05) is 0 Å². The van der Waals surface area contributed by atoms with Gasteiger partial charge in [0.2, 0.25) is 0 Å². The molecule has 0 N–H and O–H groups in total. The van der Waals surface area contributed by atoms with Crippen molar-refractivity contribution in [2.45, 2.75) is 31.9 Å². The van der Waals surface area contributed by atoms with Gasteiger partial charge in [-0.2, -0.15) is 22.1 Å². The molecule has 0 aromatic carbocycles. The number of rotatable bonds is 2. The van der Waals surface area contributed by atoms with Gasteiger partial charge in [0.15, 0.2) is 5.69 Å². The van der Waals surface area contributed by atoms with Crippen LogP contribution in [0, 0.1) is 17.2 Å². The van der Waals surface area contributed by atoms with Gasteiger partial charge in [0.25, 0.3) is 0 Å². The maximum Gasteiger partial charge on any atom is 0.166 e. The molecule has 1 aromatic rings. The summed E-state index contributed by atoms with van der Waals surface area (Å²) in [4.78, 5) is 0. The van der Waals surface area contributed by atoms with E-state index in [0.29, 0.717) is 11.6 Å². The Balaban J connectivity index is 2.38. The summed E-state index contributed by atoms with van der Waals surface area (Å²) in [6.07, 6.45) is 0. The SMILES string of the molecule is CC(C)Cn1nc(C#N)c2c1CSC2. The first-order chi connectivity index (χ1) is 6.72. The molecule has 4 heteroatoms. The maximum absolute atomic E-state index is 8.91. The Morgan fingerprint density at radius 1 is 1.57 bits per heavy atom. The van der Waals surface area contributed by atoms with Crippen LogP contribution >= 0.6 is 11.8 Å². The highest BCUT2D eigenvalue weighted by Gasteiger charge is 2.22. The Kier molecular flexibility index (Phi) is 2.51. The van der Waals surface area contributed by atoms with E-state index in [9.17, 15) is 0 Å². The van der Waals surface area contributed by atoms with Gasteiger partial charge in [0.1, 0.15) is 6.07 Å². The van der Waals surface area contributed by atoms with Crippen molar-refractivity contribution in [3.05, 3.63) is 17.0 Å². The molecule has 3 nitrogen and oxygen atoms in total. The molecule has 74 valence electrons. The molecule has 2 heterocycles. The zero-order valence-electron chi connectivity index (χ0n) is 8.45. The molecule has 0 radical (unpaired) electrons. The minimum Gasteiger partial charge on any atom is -0.267 e. The summed E-state index contributed by atoms with van der Waals surface area (Å²) in [6.45, 7) is 5.26. The van der Waals surface area contributed by atoms with Gasteiger partial charge in [-0.1, -0.05) is 13.8 Å². The van der Waals surface area contributed by atoms with E-state index in [2.05, 4.69) is 25.0 Å². The van der Waals surface area contributed by atoms with E-state index in [4.69, 9.17) is 5.26 Å².